The van der Waals surface area contributed by atoms with E-state index < -0.39 is 10.0 Å². The Morgan fingerprint density at radius 2 is 2.05 bits per heavy atom. The molecular weight excluding hydrogens is 294 g/mol. The van der Waals surface area contributed by atoms with Crippen molar-refractivity contribution in [1.29, 1.82) is 0 Å². The highest BCUT2D eigenvalue weighted by Gasteiger charge is 2.18. The zero-order valence-corrected chi connectivity index (χ0v) is 11.9. The van der Waals surface area contributed by atoms with Crippen LogP contribution in [0.3, 0.4) is 0 Å². The van der Waals surface area contributed by atoms with Crippen molar-refractivity contribution in [2.24, 2.45) is 0 Å². The Kier molecular flexibility index (Phi) is 3.07. The second kappa shape index (κ2) is 4.77. The minimum Gasteiger partial charge on any atom is -0.399 e. The van der Waals surface area contributed by atoms with Crippen LogP contribution in [0, 0.1) is 0 Å². The van der Waals surface area contributed by atoms with E-state index in [2.05, 4.69) is 9.71 Å². The average Bonchev–Trinajstić information content (AvgIpc) is 2.89. The number of nitrogens with zero attached hydrogens (tertiary/aromatic N) is 1. The van der Waals surface area contributed by atoms with Gasteiger partial charge in [0.25, 0.3) is 10.0 Å². The number of hydrogen-bond donors (Lipinski definition) is 2. The Morgan fingerprint density at radius 1 is 1.20 bits per heavy atom. The van der Waals surface area contributed by atoms with Gasteiger partial charge in [-0.25, -0.2) is 13.4 Å². The number of sulfonamides is 1. The Bertz CT molecular complexity index is 858. The minimum absolute atomic E-state index is 0.213. The van der Waals surface area contributed by atoms with Crippen molar-refractivity contribution < 1.29 is 8.42 Å². The molecule has 0 fully saturated rings. The van der Waals surface area contributed by atoms with Crippen molar-refractivity contribution in [2.45, 2.75) is 4.90 Å². The highest BCUT2D eigenvalue weighted by molar-refractivity contribution is 7.93. The highest BCUT2D eigenvalue weighted by Crippen LogP contribution is 2.26. The summed E-state index contributed by atoms with van der Waals surface area (Å²) in [6.07, 6.45) is 1.55. The summed E-state index contributed by atoms with van der Waals surface area (Å²) in [6, 6.07) is 10.2. The van der Waals surface area contributed by atoms with Gasteiger partial charge in [-0.3, -0.25) is 4.72 Å². The standard InChI is InChI=1S/C13H11N3O2S2/c14-10-4-5-11-9(8-10)2-1-3-12(11)20(17,18)16-13-15-6-7-19-13/h1-8H,14H2,(H,15,16). The van der Waals surface area contributed by atoms with Crippen molar-refractivity contribution in [3.63, 3.8) is 0 Å². The number of thiazole rings is 1. The van der Waals surface area contributed by atoms with Crippen LogP contribution in [0.4, 0.5) is 10.8 Å². The van der Waals surface area contributed by atoms with Gasteiger partial charge in [-0.15, -0.1) is 11.3 Å². The number of hydrogen-bond acceptors (Lipinski definition) is 5. The second-order valence-electron chi connectivity index (χ2n) is 4.18. The maximum Gasteiger partial charge on any atom is 0.264 e. The smallest absolute Gasteiger partial charge is 0.264 e. The summed E-state index contributed by atoms with van der Waals surface area (Å²) >= 11 is 1.23. The van der Waals surface area contributed by atoms with Gasteiger partial charge < -0.3 is 5.73 Å². The first-order valence-corrected chi connectivity index (χ1v) is 8.13. The maximum atomic E-state index is 12.4. The fourth-order valence-corrected chi connectivity index (χ4v) is 3.97. The quantitative estimate of drug-likeness (QED) is 0.729. The van der Waals surface area contributed by atoms with Gasteiger partial charge >= 0.3 is 0 Å². The first kappa shape index (κ1) is 12.9. The van der Waals surface area contributed by atoms with Crippen LogP contribution in [0.1, 0.15) is 0 Å². The van der Waals surface area contributed by atoms with Gasteiger partial charge in [0.1, 0.15) is 0 Å². The molecule has 0 spiro atoms. The molecule has 7 heteroatoms. The van der Waals surface area contributed by atoms with E-state index in [1.165, 1.54) is 11.3 Å². The molecule has 0 saturated carbocycles. The molecule has 0 aliphatic rings. The average molecular weight is 305 g/mol. The molecule has 0 saturated heterocycles. The molecule has 0 aliphatic heterocycles. The number of nitrogens with two attached hydrogens (primary N) is 1. The van der Waals surface area contributed by atoms with E-state index in [4.69, 9.17) is 5.73 Å². The van der Waals surface area contributed by atoms with E-state index in [-0.39, 0.29) is 4.90 Å². The molecule has 20 heavy (non-hydrogen) atoms. The highest BCUT2D eigenvalue weighted by atomic mass is 32.2. The lowest BCUT2D eigenvalue weighted by atomic mass is 10.1. The van der Waals surface area contributed by atoms with E-state index in [0.717, 1.165) is 5.39 Å². The van der Waals surface area contributed by atoms with Gasteiger partial charge in [-0.1, -0.05) is 18.2 Å². The summed E-state index contributed by atoms with van der Waals surface area (Å²) in [7, 11) is -3.67. The van der Waals surface area contributed by atoms with Crippen LogP contribution in [0.25, 0.3) is 10.8 Å². The maximum absolute atomic E-state index is 12.4. The molecule has 3 rings (SSSR count). The lowest BCUT2D eigenvalue weighted by Gasteiger charge is -2.09. The van der Waals surface area contributed by atoms with Gasteiger partial charge in [0.2, 0.25) is 0 Å². The van der Waals surface area contributed by atoms with Gasteiger partial charge in [0.05, 0.1) is 4.90 Å². The third-order valence-electron chi connectivity index (χ3n) is 2.81. The first-order valence-electron chi connectivity index (χ1n) is 5.77. The lowest BCUT2D eigenvalue weighted by Crippen LogP contribution is -2.13. The largest absolute Gasteiger partial charge is 0.399 e. The summed E-state index contributed by atoms with van der Waals surface area (Å²) in [5.74, 6) is 0. The Labute approximate surface area is 120 Å². The van der Waals surface area contributed by atoms with Crippen LogP contribution < -0.4 is 10.5 Å². The normalized spacial score (nSPS) is 11.6. The fraction of sp³-hybridized carbons (Fsp3) is 0. The van der Waals surface area contributed by atoms with Gasteiger partial charge in [0, 0.05) is 22.7 Å². The van der Waals surface area contributed by atoms with E-state index in [1.54, 1.807) is 41.9 Å². The number of fused-ring (bicyclic) bond motifs is 1. The molecule has 0 bridgehead atoms. The molecular formula is C13H11N3O2S2. The van der Waals surface area contributed by atoms with Crippen LogP contribution in [-0.4, -0.2) is 13.4 Å². The molecule has 2 aromatic carbocycles. The van der Waals surface area contributed by atoms with Crippen molar-refractivity contribution in [1.82, 2.24) is 4.98 Å². The fourth-order valence-electron chi connectivity index (χ4n) is 1.95. The van der Waals surface area contributed by atoms with Gasteiger partial charge in [0.15, 0.2) is 5.13 Å². The summed E-state index contributed by atoms with van der Waals surface area (Å²) in [5, 5.41) is 3.47. The molecule has 102 valence electrons. The molecule has 1 heterocycles. The summed E-state index contributed by atoms with van der Waals surface area (Å²) in [6.45, 7) is 0. The second-order valence-corrected chi connectivity index (χ2v) is 6.72. The number of nitrogens with one attached hydrogen (secondary N) is 1. The van der Waals surface area contributed by atoms with Crippen molar-refractivity contribution in [3.05, 3.63) is 48.0 Å². The predicted octanol–water partition coefficient (Wildman–Crippen LogP) is 2.68. The Hall–Kier alpha value is -2.12. The van der Waals surface area contributed by atoms with Crippen LogP contribution in [0.5, 0.6) is 0 Å². The number of aromatic nitrogens is 1. The SMILES string of the molecule is Nc1ccc2c(S(=O)(=O)Nc3nccs3)cccc2c1. The van der Waals surface area contributed by atoms with E-state index >= 15 is 0 Å². The Balaban J connectivity index is 2.14. The molecule has 0 atom stereocenters. The Morgan fingerprint density at radius 3 is 2.80 bits per heavy atom. The molecule has 0 amide bonds. The summed E-state index contributed by atoms with van der Waals surface area (Å²) < 4.78 is 27.3. The van der Waals surface area contributed by atoms with Crippen molar-refractivity contribution >= 4 is 43.0 Å². The molecule has 3 N–H and O–H groups in total. The predicted molar refractivity (Wildman–Crippen MR) is 81.3 cm³/mol. The third-order valence-corrected chi connectivity index (χ3v) is 5.02. The topological polar surface area (TPSA) is 85.1 Å². The van der Waals surface area contributed by atoms with Crippen LogP contribution in [0.2, 0.25) is 0 Å². The first-order chi connectivity index (χ1) is 9.56. The lowest BCUT2D eigenvalue weighted by molar-refractivity contribution is 0.602. The monoisotopic (exact) mass is 305 g/mol. The minimum atomic E-state index is -3.67. The van der Waals surface area contributed by atoms with E-state index in [0.29, 0.717) is 16.2 Å². The van der Waals surface area contributed by atoms with Crippen LogP contribution in [-0.2, 0) is 10.0 Å². The third kappa shape index (κ3) is 2.33. The molecule has 5 nitrogen and oxygen atoms in total. The summed E-state index contributed by atoms with van der Waals surface area (Å²) in [5.41, 5.74) is 6.32. The molecule has 1 aromatic heterocycles. The molecule has 3 aromatic rings. The molecule has 0 radical (unpaired) electrons. The summed E-state index contributed by atoms with van der Waals surface area (Å²) in [4.78, 5) is 4.14. The van der Waals surface area contributed by atoms with Gasteiger partial charge in [-0.05, 0) is 23.6 Å². The van der Waals surface area contributed by atoms with E-state index in [1.807, 2.05) is 6.07 Å². The van der Waals surface area contributed by atoms with Crippen LogP contribution >= 0.6 is 11.3 Å². The number of anilines is 2. The zero-order valence-electron chi connectivity index (χ0n) is 10.3. The zero-order chi connectivity index (χ0) is 14.2. The van der Waals surface area contributed by atoms with Crippen molar-refractivity contribution in [2.75, 3.05) is 10.5 Å². The molecule has 0 unspecified atom stereocenters. The van der Waals surface area contributed by atoms with E-state index in [9.17, 15) is 8.42 Å². The number of nitrogen functional groups attached to an aromatic ring is 1. The number of rotatable bonds is 3. The molecule has 0 aliphatic carbocycles. The number of benzene rings is 2. The van der Waals surface area contributed by atoms with Gasteiger partial charge in [-0.2, -0.15) is 0 Å². The van der Waals surface area contributed by atoms with Crippen LogP contribution in [0.15, 0.2) is 52.9 Å². The van der Waals surface area contributed by atoms with Crippen molar-refractivity contribution in [3.8, 4) is 0 Å².